The van der Waals surface area contributed by atoms with Crippen LogP contribution < -0.4 is 21.1 Å². The van der Waals surface area contributed by atoms with E-state index >= 15 is 0 Å². The summed E-state index contributed by atoms with van der Waals surface area (Å²) in [5, 5.41) is 6.20. The van der Waals surface area contributed by atoms with E-state index in [1.165, 1.54) is 0 Å². The summed E-state index contributed by atoms with van der Waals surface area (Å²) >= 11 is 0. The van der Waals surface area contributed by atoms with Crippen LogP contribution in [0.4, 0.5) is 0 Å². The predicted octanol–water partition coefficient (Wildman–Crippen LogP) is 2.19. The van der Waals surface area contributed by atoms with Crippen molar-refractivity contribution in [3.8, 4) is 17.6 Å². The van der Waals surface area contributed by atoms with Crippen molar-refractivity contribution in [1.29, 1.82) is 0 Å². The number of carbonyl (C=O) groups excluding carboxylic acids is 1. The van der Waals surface area contributed by atoms with Gasteiger partial charge in [0.05, 0.1) is 6.04 Å². The first kappa shape index (κ1) is 20.3. The van der Waals surface area contributed by atoms with Crippen LogP contribution in [0.25, 0.3) is 0 Å². The summed E-state index contributed by atoms with van der Waals surface area (Å²) in [5.41, 5.74) is 6.73. The number of benzene rings is 1. The molecule has 1 aromatic rings. The van der Waals surface area contributed by atoms with Crippen LogP contribution in [-0.4, -0.2) is 37.7 Å². The molecule has 1 aromatic carbocycles. The van der Waals surface area contributed by atoms with Crippen molar-refractivity contribution in [3.05, 3.63) is 29.8 Å². The van der Waals surface area contributed by atoms with E-state index in [1.807, 2.05) is 31.2 Å². The highest BCUT2D eigenvalue weighted by Gasteiger charge is 2.14. The molecule has 1 saturated heterocycles. The maximum Gasteiger partial charge on any atom is 0.236 e. The Kier molecular flexibility index (Phi) is 9.02. The van der Waals surface area contributed by atoms with Crippen molar-refractivity contribution >= 4 is 5.91 Å². The van der Waals surface area contributed by atoms with Crippen molar-refractivity contribution in [3.63, 3.8) is 0 Å². The quantitative estimate of drug-likeness (QED) is 0.492. The number of hydrogen-bond acceptors (Lipinski definition) is 4. The van der Waals surface area contributed by atoms with E-state index in [1.54, 1.807) is 0 Å². The molecule has 1 aliphatic rings. The highest BCUT2D eigenvalue weighted by atomic mass is 16.5. The predicted molar refractivity (Wildman–Crippen MR) is 105 cm³/mol. The molecular formula is C21H31N3O2. The lowest BCUT2D eigenvalue weighted by Crippen LogP contribution is -2.40. The SMILES string of the molecule is CCC[C@H](N)C(=O)NCCCC#Cc1cccc(OC2CCNCC2)c1. The van der Waals surface area contributed by atoms with E-state index in [0.717, 1.165) is 62.9 Å². The molecule has 0 aromatic heterocycles. The fraction of sp³-hybridized carbons (Fsp3) is 0.571. The van der Waals surface area contributed by atoms with Crippen molar-refractivity contribution in [1.82, 2.24) is 10.6 Å². The number of rotatable bonds is 8. The van der Waals surface area contributed by atoms with Crippen molar-refractivity contribution in [2.24, 2.45) is 5.73 Å². The highest BCUT2D eigenvalue weighted by molar-refractivity contribution is 5.81. The topological polar surface area (TPSA) is 76.4 Å². The van der Waals surface area contributed by atoms with Crippen molar-refractivity contribution < 1.29 is 9.53 Å². The Balaban J connectivity index is 1.70. The van der Waals surface area contributed by atoms with Gasteiger partial charge in [0.1, 0.15) is 11.9 Å². The van der Waals surface area contributed by atoms with Gasteiger partial charge in [-0.05, 0) is 57.0 Å². The van der Waals surface area contributed by atoms with Gasteiger partial charge in [-0.15, -0.1) is 0 Å². The minimum absolute atomic E-state index is 0.0671. The molecule has 0 spiro atoms. The van der Waals surface area contributed by atoms with Gasteiger partial charge in [0, 0.05) is 18.5 Å². The smallest absolute Gasteiger partial charge is 0.236 e. The van der Waals surface area contributed by atoms with E-state index < -0.39 is 6.04 Å². The molecule has 1 heterocycles. The molecule has 0 unspecified atom stereocenters. The molecule has 142 valence electrons. The second-order valence-electron chi connectivity index (χ2n) is 6.69. The molecule has 1 amide bonds. The maximum atomic E-state index is 11.7. The lowest BCUT2D eigenvalue weighted by molar-refractivity contribution is -0.122. The Bertz CT molecular complexity index is 615. The number of unbranched alkanes of at least 4 members (excludes halogenated alkanes) is 1. The van der Waals surface area contributed by atoms with Gasteiger partial charge in [-0.2, -0.15) is 0 Å². The molecule has 0 aliphatic carbocycles. The average Bonchev–Trinajstić information content (AvgIpc) is 2.65. The van der Waals surface area contributed by atoms with Gasteiger partial charge < -0.3 is 21.1 Å². The lowest BCUT2D eigenvalue weighted by Gasteiger charge is -2.23. The minimum Gasteiger partial charge on any atom is -0.490 e. The zero-order valence-electron chi connectivity index (χ0n) is 15.7. The van der Waals surface area contributed by atoms with Gasteiger partial charge in [0.25, 0.3) is 0 Å². The largest absolute Gasteiger partial charge is 0.490 e. The van der Waals surface area contributed by atoms with Crippen LogP contribution >= 0.6 is 0 Å². The number of nitrogens with two attached hydrogens (primary N) is 1. The van der Waals surface area contributed by atoms with Crippen molar-refractivity contribution in [2.45, 2.75) is 57.6 Å². The summed E-state index contributed by atoms with van der Waals surface area (Å²) in [7, 11) is 0. The molecule has 0 saturated carbocycles. The number of ether oxygens (including phenoxy) is 1. The minimum atomic E-state index is -0.395. The Morgan fingerprint density at radius 3 is 3.00 bits per heavy atom. The molecule has 26 heavy (non-hydrogen) atoms. The van der Waals surface area contributed by atoms with E-state index in [0.29, 0.717) is 12.6 Å². The van der Waals surface area contributed by atoms with Gasteiger partial charge in [-0.25, -0.2) is 0 Å². The van der Waals surface area contributed by atoms with Gasteiger partial charge in [0.15, 0.2) is 0 Å². The molecule has 2 rings (SSSR count). The monoisotopic (exact) mass is 357 g/mol. The normalized spacial score (nSPS) is 15.6. The van der Waals surface area contributed by atoms with Crippen LogP contribution in [0.5, 0.6) is 5.75 Å². The zero-order valence-corrected chi connectivity index (χ0v) is 15.7. The number of nitrogens with one attached hydrogen (secondary N) is 2. The first-order valence-electron chi connectivity index (χ1n) is 9.68. The van der Waals surface area contributed by atoms with Crippen LogP contribution in [-0.2, 0) is 4.79 Å². The van der Waals surface area contributed by atoms with E-state index in [9.17, 15) is 4.79 Å². The molecule has 0 radical (unpaired) electrons. The van der Waals surface area contributed by atoms with Crippen molar-refractivity contribution in [2.75, 3.05) is 19.6 Å². The Morgan fingerprint density at radius 2 is 2.23 bits per heavy atom. The fourth-order valence-corrected chi connectivity index (χ4v) is 2.88. The van der Waals surface area contributed by atoms with Crippen LogP contribution in [0, 0.1) is 11.8 Å². The number of carbonyl (C=O) groups is 1. The lowest BCUT2D eigenvalue weighted by atomic mass is 10.1. The third-order valence-corrected chi connectivity index (χ3v) is 4.37. The van der Waals surface area contributed by atoms with E-state index in [4.69, 9.17) is 10.5 Å². The van der Waals surface area contributed by atoms with Crippen LogP contribution in [0.2, 0.25) is 0 Å². The molecule has 5 nitrogen and oxygen atoms in total. The van der Waals surface area contributed by atoms with Gasteiger partial charge in [-0.3, -0.25) is 4.79 Å². The van der Waals surface area contributed by atoms with Gasteiger partial charge >= 0.3 is 0 Å². The summed E-state index contributed by atoms with van der Waals surface area (Å²) in [6.07, 6.45) is 5.59. The number of amides is 1. The Morgan fingerprint density at radius 1 is 1.42 bits per heavy atom. The maximum absolute atomic E-state index is 11.7. The third kappa shape index (κ3) is 7.47. The molecule has 5 heteroatoms. The van der Waals surface area contributed by atoms with Crippen LogP contribution in [0.15, 0.2) is 24.3 Å². The summed E-state index contributed by atoms with van der Waals surface area (Å²) < 4.78 is 6.04. The third-order valence-electron chi connectivity index (χ3n) is 4.37. The molecule has 4 N–H and O–H groups in total. The molecular weight excluding hydrogens is 326 g/mol. The molecule has 0 bridgehead atoms. The summed E-state index contributed by atoms with van der Waals surface area (Å²) in [6, 6.07) is 7.57. The van der Waals surface area contributed by atoms with Gasteiger partial charge in [-0.1, -0.05) is 31.3 Å². The summed E-state index contributed by atoms with van der Waals surface area (Å²) in [5.74, 6) is 7.16. The van der Waals surface area contributed by atoms with E-state index in [-0.39, 0.29) is 5.91 Å². The van der Waals surface area contributed by atoms with Crippen LogP contribution in [0.3, 0.4) is 0 Å². The summed E-state index contributed by atoms with van der Waals surface area (Å²) in [4.78, 5) is 11.7. The van der Waals surface area contributed by atoms with Crippen LogP contribution in [0.1, 0.15) is 51.0 Å². The fourth-order valence-electron chi connectivity index (χ4n) is 2.88. The molecule has 1 atom stereocenters. The van der Waals surface area contributed by atoms with E-state index in [2.05, 4.69) is 22.5 Å². The number of hydrogen-bond donors (Lipinski definition) is 3. The number of piperidine rings is 1. The first-order valence-corrected chi connectivity index (χ1v) is 9.68. The standard InChI is InChI=1S/C21H31N3O2/c1-2-7-20(22)21(25)24-13-5-3-4-8-17-9-6-10-19(16-17)26-18-11-14-23-15-12-18/h6,9-10,16,18,20,23H,2-3,5,7,11-15,22H2,1H3,(H,24,25)/t20-/m0/s1. The second-order valence-corrected chi connectivity index (χ2v) is 6.69. The molecule has 1 fully saturated rings. The first-order chi connectivity index (χ1) is 12.7. The summed E-state index contributed by atoms with van der Waals surface area (Å²) in [6.45, 7) is 4.67. The second kappa shape index (κ2) is 11.6. The highest BCUT2D eigenvalue weighted by Crippen LogP contribution is 2.17. The average molecular weight is 357 g/mol. The zero-order chi connectivity index (χ0) is 18.6. The Labute approximate surface area is 157 Å². The van der Waals surface area contributed by atoms with Gasteiger partial charge in [0.2, 0.25) is 5.91 Å². The Hall–Kier alpha value is -2.03. The molecule has 1 aliphatic heterocycles.